The van der Waals surface area contributed by atoms with E-state index in [0.29, 0.717) is 43.9 Å². The molecule has 8 heteroatoms. The lowest BCUT2D eigenvalue weighted by atomic mass is 10.0. The average Bonchev–Trinajstić information content (AvgIpc) is 3.16. The molecule has 2 heterocycles. The van der Waals surface area contributed by atoms with Gasteiger partial charge in [-0.05, 0) is 30.5 Å². The first kappa shape index (κ1) is 21.5. The van der Waals surface area contributed by atoms with Gasteiger partial charge in [0.2, 0.25) is 21.8 Å². The lowest BCUT2D eigenvalue weighted by Crippen LogP contribution is -2.48. The molecule has 2 aliphatic heterocycles. The first-order chi connectivity index (χ1) is 14.9. The Hall–Kier alpha value is -2.71. The molecular weight excluding hydrogens is 414 g/mol. The van der Waals surface area contributed by atoms with Gasteiger partial charge in [-0.3, -0.25) is 9.59 Å². The van der Waals surface area contributed by atoms with Crippen molar-refractivity contribution in [1.29, 1.82) is 0 Å². The maximum atomic E-state index is 12.7. The SMILES string of the molecule is O=C(NC1CCN(S(=O)(=O)c2ccccc2)CC1)C1CC(=O)N(Cc2ccccc2)C1. The zero-order valence-corrected chi connectivity index (χ0v) is 18.1. The molecule has 0 spiro atoms. The highest BCUT2D eigenvalue weighted by Gasteiger charge is 2.36. The first-order valence-corrected chi connectivity index (χ1v) is 12.0. The minimum Gasteiger partial charge on any atom is -0.353 e. The number of likely N-dealkylation sites (tertiary alicyclic amines) is 1. The monoisotopic (exact) mass is 441 g/mol. The zero-order valence-electron chi connectivity index (χ0n) is 17.3. The number of piperidine rings is 1. The van der Waals surface area contributed by atoms with Gasteiger partial charge in [0.25, 0.3) is 0 Å². The Morgan fingerprint density at radius 1 is 0.968 bits per heavy atom. The van der Waals surface area contributed by atoms with Gasteiger partial charge in [-0.25, -0.2) is 8.42 Å². The molecule has 0 aliphatic carbocycles. The smallest absolute Gasteiger partial charge is 0.243 e. The molecule has 0 radical (unpaired) electrons. The summed E-state index contributed by atoms with van der Waals surface area (Å²) in [6.45, 7) is 1.66. The normalized spacial score (nSPS) is 20.7. The summed E-state index contributed by atoms with van der Waals surface area (Å²) in [6.07, 6.45) is 1.35. The molecule has 0 aromatic heterocycles. The summed E-state index contributed by atoms with van der Waals surface area (Å²) in [4.78, 5) is 27.1. The van der Waals surface area contributed by atoms with Gasteiger partial charge in [0.15, 0.2) is 0 Å². The van der Waals surface area contributed by atoms with Gasteiger partial charge >= 0.3 is 0 Å². The van der Waals surface area contributed by atoms with Crippen LogP contribution in [0.4, 0.5) is 0 Å². The molecule has 2 aromatic carbocycles. The van der Waals surface area contributed by atoms with Crippen LogP contribution in [0.3, 0.4) is 0 Å². The second kappa shape index (κ2) is 9.20. The number of amides is 2. The number of rotatable bonds is 6. The van der Waals surface area contributed by atoms with E-state index in [9.17, 15) is 18.0 Å². The molecule has 4 rings (SSSR count). The molecule has 2 fully saturated rings. The fraction of sp³-hybridized carbons (Fsp3) is 0.391. The van der Waals surface area contributed by atoms with E-state index in [1.54, 1.807) is 35.2 Å². The summed E-state index contributed by atoms with van der Waals surface area (Å²) in [5.74, 6) is -0.483. The van der Waals surface area contributed by atoms with Gasteiger partial charge in [0, 0.05) is 38.6 Å². The third kappa shape index (κ3) is 4.97. The van der Waals surface area contributed by atoms with Crippen LogP contribution in [-0.4, -0.2) is 55.1 Å². The zero-order chi connectivity index (χ0) is 21.8. The standard InChI is InChI=1S/C23H27N3O4S/c27-22-15-19(17-25(22)16-18-7-3-1-4-8-18)23(28)24-20-11-13-26(14-12-20)31(29,30)21-9-5-2-6-10-21/h1-10,19-20H,11-17H2,(H,24,28). The van der Waals surface area contributed by atoms with Gasteiger partial charge in [-0.2, -0.15) is 4.31 Å². The Bertz CT molecular complexity index is 1020. The third-order valence-electron chi connectivity index (χ3n) is 5.98. The van der Waals surface area contributed by atoms with Crippen molar-refractivity contribution in [2.75, 3.05) is 19.6 Å². The molecule has 7 nitrogen and oxygen atoms in total. The number of benzene rings is 2. The second-order valence-corrected chi connectivity index (χ2v) is 10.1. The summed E-state index contributed by atoms with van der Waals surface area (Å²) in [7, 11) is -3.50. The maximum absolute atomic E-state index is 12.7. The van der Waals surface area contributed by atoms with E-state index in [1.807, 2.05) is 30.3 Å². The first-order valence-electron chi connectivity index (χ1n) is 10.6. The van der Waals surface area contributed by atoms with Crippen LogP contribution in [0.1, 0.15) is 24.8 Å². The van der Waals surface area contributed by atoms with Crippen molar-refractivity contribution in [2.24, 2.45) is 5.92 Å². The van der Waals surface area contributed by atoms with Gasteiger partial charge in [-0.15, -0.1) is 0 Å². The minimum atomic E-state index is -3.50. The van der Waals surface area contributed by atoms with Crippen LogP contribution >= 0.6 is 0 Å². The van der Waals surface area contributed by atoms with Crippen LogP contribution in [0, 0.1) is 5.92 Å². The van der Waals surface area contributed by atoms with Crippen molar-refractivity contribution in [2.45, 2.75) is 36.7 Å². The Morgan fingerprint density at radius 2 is 1.58 bits per heavy atom. The van der Waals surface area contributed by atoms with Crippen LogP contribution in [-0.2, 0) is 26.2 Å². The minimum absolute atomic E-state index is 0.00669. The largest absolute Gasteiger partial charge is 0.353 e. The van der Waals surface area contributed by atoms with E-state index < -0.39 is 10.0 Å². The molecule has 2 amide bonds. The van der Waals surface area contributed by atoms with Gasteiger partial charge in [0.05, 0.1) is 10.8 Å². The van der Waals surface area contributed by atoms with E-state index in [0.717, 1.165) is 5.56 Å². The summed E-state index contributed by atoms with van der Waals surface area (Å²) in [5, 5.41) is 3.04. The average molecular weight is 442 g/mol. The number of nitrogens with one attached hydrogen (secondary N) is 1. The molecule has 1 atom stereocenters. The summed E-state index contributed by atoms with van der Waals surface area (Å²) in [5.41, 5.74) is 1.05. The van der Waals surface area contributed by atoms with Crippen molar-refractivity contribution in [3.8, 4) is 0 Å². The molecule has 164 valence electrons. The van der Waals surface area contributed by atoms with E-state index in [2.05, 4.69) is 5.32 Å². The third-order valence-corrected chi connectivity index (χ3v) is 7.90. The van der Waals surface area contributed by atoms with Crippen LogP contribution in [0.15, 0.2) is 65.6 Å². The number of hydrogen-bond donors (Lipinski definition) is 1. The molecule has 0 saturated carbocycles. The topological polar surface area (TPSA) is 86.8 Å². The molecular formula is C23H27N3O4S. The number of carbonyl (C=O) groups is 2. The lowest BCUT2D eigenvalue weighted by molar-refractivity contribution is -0.129. The van der Waals surface area contributed by atoms with Crippen LogP contribution in [0.25, 0.3) is 0 Å². The van der Waals surface area contributed by atoms with Crippen LogP contribution < -0.4 is 5.32 Å². The van der Waals surface area contributed by atoms with Crippen molar-refractivity contribution in [3.63, 3.8) is 0 Å². The quantitative estimate of drug-likeness (QED) is 0.743. The van der Waals surface area contributed by atoms with Crippen molar-refractivity contribution < 1.29 is 18.0 Å². The molecule has 2 aliphatic rings. The fourth-order valence-corrected chi connectivity index (χ4v) is 5.70. The van der Waals surface area contributed by atoms with Gasteiger partial charge < -0.3 is 10.2 Å². The van der Waals surface area contributed by atoms with Crippen molar-refractivity contribution in [1.82, 2.24) is 14.5 Å². The molecule has 2 aromatic rings. The van der Waals surface area contributed by atoms with E-state index >= 15 is 0 Å². The molecule has 31 heavy (non-hydrogen) atoms. The maximum Gasteiger partial charge on any atom is 0.243 e. The summed E-state index contributed by atoms with van der Waals surface area (Å²) in [6, 6.07) is 18.1. The summed E-state index contributed by atoms with van der Waals surface area (Å²) >= 11 is 0. The molecule has 0 bridgehead atoms. The Balaban J connectivity index is 1.28. The van der Waals surface area contributed by atoms with Crippen LogP contribution in [0.5, 0.6) is 0 Å². The van der Waals surface area contributed by atoms with Gasteiger partial charge in [0.1, 0.15) is 0 Å². The van der Waals surface area contributed by atoms with Gasteiger partial charge in [-0.1, -0.05) is 48.5 Å². The number of nitrogens with zero attached hydrogens (tertiary/aromatic N) is 2. The van der Waals surface area contributed by atoms with Crippen LogP contribution in [0.2, 0.25) is 0 Å². The molecule has 2 saturated heterocycles. The highest BCUT2D eigenvalue weighted by molar-refractivity contribution is 7.89. The Kier molecular flexibility index (Phi) is 6.38. The molecule has 1 unspecified atom stereocenters. The second-order valence-electron chi connectivity index (χ2n) is 8.16. The van der Waals surface area contributed by atoms with E-state index in [4.69, 9.17) is 0 Å². The molecule has 1 N–H and O–H groups in total. The summed E-state index contributed by atoms with van der Waals surface area (Å²) < 4.78 is 27.0. The number of hydrogen-bond acceptors (Lipinski definition) is 4. The Labute approximate surface area is 183 Å². The van der Waals surface area contributed by atoms with Crippen molar-refractivity contribution >= 4 is 21.8 Å². The van der Waals surface area contributed by atoms with E-state index in [-0.39, 0.29) is 30.2 Å². The van der Waals surface area contributed by atoms with E-state index in [1.165, 1.54) is 4.31 Å². The predicted octanol–water partition coefficient (Wildman–Crippen LogP) is 2.00. The number of carbonyl (C=O) groups excluding carboxylic acids is 2. The lowest BCUT2D eigenvalue weighted by Gasteiger charge is -2.32. The van der Waals surface area contributed by atoms with Crippen molar-refractivity contribution in [3.05, 3.63) is 66.2 Å². The highest BCUT2D eigenvalue weighted by Crippen LogP contribution is 2.23. The predicted molar refractivity (Wildman–Crippen MR) is 116 cm³/mol. The highest BCUT2D eigenvalue weighted by atomic mass is 32.2. The Morgan fingerprint density at radius 3 is 2.23 bits per heavy atom. The fourth-order valence-electron chi connectivity index (χ4n) is 4.21. The number of sulfonamides is 1.